The van der Waals surface area contributed by atoms with Gasteiger partial charge in [0.1, 0.15) is 10.8 Å². The van der Waals surface area contributed by atoms with E-state index < -0.39 is 0 Å². The van der Waals surface area contributed by atoms with Crippen molar-refractivity contribution in [3.63, 3.8) is 0 Å². The zero-order valence-electron chi connectivity index (χ0n) is 14.3. The molecule has 0 aliphatic heterocycles. The number of nitrogens with two attached hydrogens (primary N) is 1. The molecule has 0 saturated carbocycles. The molecule has 0 spiro atoms. The molecule has 0 radical (unpaired) electrons. The summed E-state index contributed by atoms with van der Waals surface area (Å²) in [7, 11) is 1.97. The smallest absolute Gasteiger partial charge is 0.137 e. The lowest BCUT2D eigenvalue weighted by Crippen LogP contribution is -2.31. The number of aromatic nitrogens is 2. The van der Waals surface area contributed by atoms with Gasteiger partial charge in [0.25, 0.3) is 0 Å². The Morgan fingerprint density at radius 2 is 1.67 bits per heavy atom. The van der Waals surface area contributed by atoms with E-state index in [2.05, 4.69) is 37.7 Å². The fraction of sp³-hybridized carbons (Fsp3) is 0.750. The number of nitrogens with zero attached hydrogens (tertiary/aromatic N) is 3. The maximum atomic E-state index is 5.93. The molecule has 1 aromatic heterocycles. The lowest BCUT2D eigenvalue weighted by atomic mass is 10.1. The monoisotopic (exact) mass is 310 g/mol. The highest BCUT2D eigenvalue weighted by Crippen LogP contribution is 2.25. The molecule has 0 fully saturated rings. The van der Waals surface area contributed by atoms with Crippen LogP contribution in [-0.4, -0.2) is 27.9 Å². The van der Waals surface area contributed by atoms with Crippen molar-refractivity contribution in [1.29, 1.82) is 0 Å². The molecule has 4 nitrogen and oxygen atoms in total. The largest absolute Gasteiger partial charge is 0.389 e. The van der Waals surface area contributed by atoms with E-state index in [4.69, 9.17) is 18.0 Å². The normalized spacial score (nSPS) is 11.4. The first-order chi connectivity index (χ1) is 9.73. The Hall–Kier alpha value is -1.10. The van der Waals surface area contributed by atoms with Crippen molar-refractivity contribution < 1.29 is 0 Å². The van der Waals surface area contributed by atoms with Gasteiger partial charge in [-0.15, -0.1) is 0 Å². The Bertz CT molecular complexity index is 465. The number of aryl methyl sites for hydroxylation is 2. The highest BCUT2D eigenvalue weighted by atomic mass is 32.1. The second kappa shape index (κ2) is 7.78. The summed E-state index contributed by atoms with van der Waals surface area (Å²) in [5.41, 5.74) is 7.78. The average Bonchev–Trinajstić information content (AvgIpc) is 2.64. The Balaban J connectivity index is 3.09. The van der Waals surface area contributed by atoms with Crippen molar-refractivity contribution in [3.05, 3.63) is 11.3 Å². The van der Waals surface area contributed by atoms with E-state index >= 15 is 0 Å². The van der Waals surface area contributed by atoms with Crippen molar-refractivity contribution in [2.45, 2.75) is 47.5 Å². The average molecular weight is 311 g/mol. The predicted octanol–water partition coefficient (Wildman–Crippen LogP) is 3.26. The summed E-state index contributed by atoms with van der Waals surface area (Å²) in [5.74, 6) is 2.42. The van der Waals surface area contributed by atoms with Crippen LogP contribution < -0.4 is 10.6 Å². The molecule has 0 amide bonds. The van der Waals surface area contributed by atoms with Crippen LogP contribution in [0.3, 0.4) is 0 Å². The predicted molar refractivity (Wildman–Crippen MR) is 95.0 cm³/mol. The number of hydrogen-bond donors (Lipinski definition) is 1. The molecular weight excluding hydrogens is 280 g/mol. The summed E-state index contributed by atoms with van der Waals surface area (Å²) >= 11 is 5.24. The van der Waals surface area contributed by atoms with Crippen LogP contribution in [0.25, 0.3) is 0 Å². The van der Waals surface area contributed by atoms with Crippen LogP contribution in [0.2, 0.25) is 0 Å². The first kappa shape index (κ1) is 18.0. The van der Waals surface area contributed by atoms with Gasteiger partial charge in [-0.05, 0) is 31.6 Å². The van der Waals surface area contributed by atoms with Gasteiger partial charge < -0.3 is 10.6 Å². The summed E-state index contributed by atoms with van der Waals surface area (Å²) in [6.45, 7) is 13.0. The van der Waals surface area contributed by atoms with Gasteiger partial charge in [-0.2, -0.15) is 5.10 Å². The van der Waals surface area contributed by atoms with Gasteiger partial charge in [0.05, 0.1) is 11.3 Å². The Morgan fingerprint density at radius 3 is 2.05 bits per heavy atom. The second-order valence-corrected chi connectivity index (χ2v) is 7.06. The molecule has 5 heteroatoms. The highest BCUT2D eigenvalue weighted by molar-refractivity contribution is 7.80. The Morgan fingerprint density at radius 1 is 1.19 bits per heavy atom. The maximum Gasteiger partial charge on any atom is 0.137 e. The zero-order valence-corrected chi connectivity index (χ0v) is 15.1. The van der Waals surface area contributed by atoms with Crippen molar-refractivity contribution in [2.75, 3.05) is 18.0 Å². The van der Waals surface area contributed by atoms with Crippen LogP contribution in [0.15, 0.2) is 0 Å². The molecule has 0 unspecified atom stereocenters. The third-order valence-electron chi connectivity index (χ3n) is 3.69. The van der Waals surface area contributed by atoms with Gasteiger partial charge in [0, 0.05) is 20.1 Å². The fourth-order valence-electron chi connectivity index (χ4n) is 2.45. The minimum atomic E-state index is 0.440. The van der Waals surface area contributed by atoms with Crippen LogP contribution in [0.4, 0.5) is 5.82 Å². The summed E-state index contributed by atoms with van der Waals surface area (Å²) < 4.78 is 1.92. The Labute approximate surface area is 134 Å². The van der Waals surface area contributed by atoms with E-state index in [0.717, 1.165) is 43.0 Å². The first-order valence-corrected chi connectivity index (χ1v) is 8.23. The summed E-state index contributed by atoms with van der Waals surface area (Å²) in [4.78, 5) is 2.84. The molecule has 0 atom stereocenters. The number of thiocarbonyl (C=S) groups is 1. The standard InChI is InChI=1S/C16H30N4S/c1-11(2)7-9-20(10-8-12(3)4)16-14(15(17)21)13(5)18-19(16)6/h11-12H,7-10H2,1-6H3,(H2,17,21). The third-order valence-corrected chi connectivity index (χ3v) is 3.89. The second-order valence-electron chi connectivity index (χ2n) is 6.62. The SMILES string of the molecule is Cc1nn(C)c(N(CCC(C)C)CCC(C)C)c1C(N)=S. The van der Waals surface area contributed by atoms with Gasteiger partial charge in [-0.3, -0.25) is 4.68 Å². The van der Waals surface area contributed by atoms with E-state index in [9.17, 15) is 0 Å². The molecule has 120 valence electrons. The minimum Gasteiger partial charge on any atom is -0.389 e. The number of anilines is 1. The number of rotatable bonds is 8. The van der Waals surface area contributed by atoms with Crippen LogP contribution in [-0.2, 0) is 7.05 Å². The van der Waals surface area contributed by atoms with Crippen LogP contribution in [0, 0.1) is 18.8 Å². The van der Waals surface area contributed by atoms with E-state index in [-0.39, 0.29) is 0 Å². The van der Waals surface area contributed by atoms with Crippen LogP contribution >= 0.6 is 12.2 Å². The van der Waals surface area contributed by atoms with Crippen molar-refractivity contribution >= 4 is 23.0 Å². The van der Waals surface area contributed by atoms with Gasteiger partial charge in [0.2, 0.25) is 0 Å². The van der Waals surface area contributed by atoms with E-state index in [1.165, 1.54) is 0 Å². The molecule has 0 aliphatic rings. The van der Waals surface area contributed by atoms with E-state index in [1.54, 1.807) is 0 Å². The quantitative estimate of drug-likeness (QED) is 0.749. The van der Waals surface area contributed by atoms with Gasteiger partial charge >= 0.3 is 0 Å². The highest BCUT2D eigenvalue weighted by Gasteiger charge is 2.21. The summed E-state index contributed by atoms with van der Waals surface area (Å²) in [6, 6.07) is 0. The topological polar surface area (TPSA) is 47.1 Å². The molecule has 1 heterocycles. The minimum absolute atomic E-state index is 0.440. The molecule has 0 aromatic carbocycles. The molecule has 0 saturated heterocycles. The van der Waals surface area contributed by atoms with E-state index in [0.29, 0.717) is 16.8 Å². The first-order valence-electron chi connectivity index (χ1n) is 7.82. The lowest BCUT2D eigenvalue weighted by Gasteiger charge is -2.27. The van der Waals surface area contributed by atoms with Crippen molar-refractivity contribution in [1.82, 2.24) is 9.78 Å². The molecule has 1 rings (SSSR count). The van der Waals surface area contributed by atoms with Crippen molar-refractivity contribution in [3.8, 4) is 0 Å². The molecule has 1 aromatic rings. The molecule has 0 aliphatic carbocycles. The summed E-state index contributed by atoms with van der Waals surface area (Å²) in [6.07, 6.45) is 2.30. The van der Waals surface area contributed by atoms with Gasteiger partial charge in [-0.25, -0.2) is 0 Å². The fourth-order valence-corrected chi connectivity index (χ4v) is 2.69. The van der Waals surface area contributed by atoms with Gasteiger partial charge in [0.15, 0.2) is 0 Å². The zero-order chi connectivity index (χ0) is 16.2. The summed E-state index contributed by atoms with van der Waals surface area (Å²) in [5, 5.41) is 4.51. The Kier molecular flexibility index (Phi) is 6.65. The van der Waals surface area contributed by atoms with Crippen molar-refractivity contribution in [2.24, 2.45) is 24.6 Å². The van der Waals surface area contributed by atoms with Gasteiger partial charge in [-0.1, -0.05) is 39.9 Å². The van der Waals surface area contributed by atoms with E-state index in [1.807, 2.05) is 18.7 Å². The molecule has 21 heavy (non-hydrogen) atoms. The van der Waals surface area contributed by atoms with Crippen LogP contribution in [0.1, 0.15) is 51.8 Å². The van der Waals surface area contributed by atoms with Crippen LogP contribution in [0.5, 0.6) is 0 Å². The number of hydrogen-bond acceptors (Lipinski definition) is 3. The lowest BCUT2D eigenvalue weighted by molar-refractivity contribution is 0.527. The molecule has 2 N–H and O–H groups in total. The molecule has 0 bridgehead atoms. The third kappa shape index (κ3) is 4.99. The maximum absolute atomic E-state index is 5.93. The molecular formula is C16H30N4S.